The number of halogens is 2. The molecule has 2 rings (SSSR count). The molecule has 1 heterocycles. The highest BCUT2D eigenvalue weighted by Gasteiger charge is 2.29. The average molecular weight is 315 g/mol. The second-order valence-electron chi connectivity index (χ2n) is 5.59. The molecule has 1 aliphatic heterocycles. The van der Waals surface area contributed by atoms with E-state index in [9.17, 15) is 9.18 Å². The smallest absolute Gasteiger partial charge is 0.239 e. The molecular formula is C15H20ClFN2O2. The van der Waals surface area contributed by atoms with Gasteiger partial charge in [-0.1, -0.05) is 31.5 Å². The van der Waals surface area contributed by atoms with Crippen molar-refractivity contribution in [2.75, 3.05) is 19.7 Å². The Bertz CT molecular complexity index is 524. The second-order valence-corrected chi connectivity index (χ2v) is 5.99. The molecule has 1 aliphatic rings. The number of carbonyl (C=O) groups is 1. The summed E-state index contributed by atoms with van der Waals surface area (Å²) in [7, 11) is 0. The van der Waals surface area contributed by atoms with Gasteiger partial charge in [-0.15, -0.1) is 0 Å². The summed E-state index contributed by atoms with van der Waals surface area (Å²) in [4.78, 5) is 14.0. The summed E-state index contributed by atoms with van der Waals surface area (Å²) in [5, 5.41) is 0.0541. The SMILES string of the molecule is CC(C)[C@H](N)C(=O)N1CCOC(c2ccc(F)c(Cl)c2)C1. The van der Waals surface area contributed by atoms with Crippen LogP contribution in [0.25, 0.3) is 0 Å². The lowest BCUT2D eigenvalue weighted by molar-refractivity contribution is -0.141. The van der Waals surface area contributed by atoms with Crippen molar-refractivity contribution < 1.29 is 13.9 Å². The molecule has 1 unspecified atom stereocenters. The lowest BCUT2D eigenvalue weighted by atomic mass is 10.0. The van der Waals surface area contributed by atoms with Crippen molar-refractivity contribution in [2.45, 2.75) is 26.0 Å². The minimum atomic E-state index is -0.513. The van der Waals surface area contributed by atoms with Crippen LogP contribution in [0.15, 0.2) is 18.2 Å². The fourth-order valence-electron chi connectivity index (χ4n) is 2.26. The van der Waals surface area contributed by atoms with Gasteiger partial charge in [0, 0.05) is 6.54 Å². The molecule has 2 atom stereocenters. The lowest BCUT2D eigenvalue weighted by Crippen LogP contribution is -2.51. The summed E-state index contributed by atoms with van der Waals surface area (Å²) < 4.78 is 18.9. The standard InChI is InChI=1S/C15H20ClFN2O2/c1-9(2)14(18)15(20)19-5-6-21-13(8-19)10-3-4-12(17)11(16)7-10/h3-4,7,9,13-14H,5-6,8,18H2,1-2H3/t13?,14-/m0/s1. The fraction of sp³-hybridized carbons (Fsp3) is 0.533. The maximum Gasteiger partial charge on any atom is 0.239 e. The first-order valence-corrected chi connectivity index (χ1v) is 7.39. The van der Waals surface area contributed by atoms with E-state index in [4.69, 9.17) is 22.1 Å². The first-order valence-electron chi connectivity index (χ1n) is 7.01. The Morgan fingerprint density at radius 1 is 1.52 bits per heavy atom. The van der Waals surface area contributed by atoms with Crippen molar-refractivity contribution >= 4 is 17.5 Å². The van der Waals surface area contributed by atoms with Crippen molar-refractivity contribution in [3.63, 3.8) is 0 Å². The summed E-state index contributed by atoms with van der Waals surface area (Å²) in [5.41, 5.74) is 6.68. The van der Waals surface area contributed by atoms with Gasteiger partial charge in [0.2, 0.25) is 5.91 Å². The van der Waals surface area contributed by atoms with Gasteiger partial charge in [-0.25, -0.2) is 4.39 Å². The predicted molar refractivity (Wildman–Crippen MR) is 79.5 cm³/mol. The Balaban J connectivity index is 2.10. The normalized spacial score (nSPS) is 20.7. The van der Waals surface area contributed by atoms with Gasteiger partial charge in [-0.3, -0.25) is 4.79 Å². The molecule has 4 nitrogen and oxygen atoms in total. The van der Waals surface area contributed by atoms with E-state index in [2.05, 4.69) is 0 Å². The van der Waals surface area contributed by atoms with E-state index < -0.39 is 11.9 Å². The van der Waals surface area contributed by atoms with Gasteiger partial charge in [0.15, 0.2) is 0 Å². The summed E-state index contributed by atoms with van der Waals surface area (Å²) in [6.07, 6.45) is -0.305. The number of rotatable bonds is 3. The highest BCUT2D eigenvalue weighted by molar-refractivity contribution is 6.30. The van der Waals surface area contributed by atoms with Gasteiger partial charge in [0.25, 0.3) is 0 Å². The van der Waals surface area contributed by atoms with Crippen LogP contribution in [0.5, 0.6) is 0 Å². The molecule has 1 amide bonds. The maximum atomic E-state index is 13.2. The number of hydrogen-bond acceptors (Lipinski definition) is 3. The van der Waals surface area contributed by atoms with Crippen LogP contribution < -0.4 is 5.73 Å². The Morgan fingerprint density at radius 3 is 2.86 bits per heavy atom. The van der Waals surface area contributed by atoms with E-state index in [1.165, 1.54) is 12.1 Å². The van der Waals surface area contributed by atoms with Gasteiger partial charge >= 0.3 is 0 Å². The molecule has 116 valence electrons. The van der Waals surface area contributed by atoms with E-state index in [0.29, 0.717) is 19.7 Å². The number of nitrogens with zero attached hydrogens (tertiary/aromatic N) is 1. The van der Waals surface area contributed by atoms with E-state index in [1.54, 1.807) is 11.0 Å². The molecule has 21 heavy (non-hydrogen) atoms. The molecule has 0 spiro atoms. The molecular weight excluding hydrogens is 295 g/mol. The predicted octanol–water partition coefficient (Wildman–Crippen LogP) is 2.36. The van der Waals surface area contributed by atoms with E-state index in [-0.39, 0.29) is 23.0 Å². The molecule has 0 saturated carbocycles. The number of carbonyl (C=O) groups excluding carboxylic acids is 1. The molecule has 1 fully saturated rings. The van der Waals surface area contributed by atoms with Crippen LogP contribution in [0.2, 0.25) is 5.02 Å². The number of nitrogens with two attached hydrogens (primary N) is 1. The van der Waals surface area contributed by atoms with Gasteiger partial charge < -0.3 is 15.4 Å². The zero-order chi connectivity index (χ0) is 15.6. The van der Waals surface area contributed by atoms with Crippen LogP contribution in [0.1, 0.15) is 25.5 Å². The van der Waals surface area contributed by atoms with Crippen LogP contribution in [0.3, 0.4) is 0 Å². The Labute approximate surface area is 129 Å². The lowest BCUT2D eigenvalue weighted by Gasteiger charge is -2.35. The quantitative estimate of drug-likeness (QED) is 0.932. The number of morpholine rings is 1. The number of ether oxygens (including phenoxy) is 1. The Hall–Kier alpha value is -1.17. The molecule has 6 heteroatoms. The summed E-state index contributed by atoms with van der Waals surface area (Å²) in [6, 6.07) is 3.96. The van der Waals surface area contributed by atoms with E-state index in [1.807, 2.05) is 13.8 Å². The third kappa shape index (κ3) is 3.73. The summed E-state index contributed by atoms with van der Waals surface area (Å²) in [6.45, 7) is 5.18. The number of benzene rings is 1. The molecule has 0 radical (unpaired) electrons. The van der Waals surface area contributed by atoms with E-state index in [0.717, 1.165) is 5.56 Å². The summed E-state index contributed by atoms with van der Waals surface area (Å²) in [5.74, 6) is -0.462. The van der Waals surface area contributed by atoms with Gasteiger partial charge in [0.1, 0.15) is 11.9 Å². The maximum absolute atomic E-state index is 13.2. The molecule has 0 bridgehead atoms. The van der Waals surface area contributed by atoms with Gasteiger partial charge in [-0.05, 0) is 23.6 Å². The van der Waals surface area contributed by atoms with Crippen LogP contribution in [0.4, 0.5) is 4.39 Å². The van der Waals surface area contributed by atoms with Crippen LogP contribution >= 0.6 is 11.6 Å². The second kappa shape index (κ2) is 6.73. The van der Waals surface area contributed by atoms with Crippen LogP contribution in [-0.2, 0) is 9.53 Å². The van der Waals surface area contributed by atoms with Crippen LogP contribution in [0, 0.1) is 11.7 Å². The molecule has 2 N–H and O–H groups in total. The summed E-state index contributed by atoms with van der Waals surface area (Å²) >= 11 is 5.79. The zero-order valence-electron chi connectivity index (χ0n) is 12.2. The Kier molecular flexibility index (Phi) is 5.19. The fourth-order valence-corrected chi connectivity index (χ4v) is 2.45. The van der Waals surface area contributed by atoms with Crippen molar-refractivity contribution in [2.24, 2.45) is 11.7 Å². The van der Waals surface area contributed by atoms with Crippen LogP contribution in [-0.4, -0.2) is 36.5 Å². The molecule has 1 aromatic carbocycles. The van der Waals surface area contributed by atoms with Crippen molar-refractivity contribution in [3.05, 3.63) is 34.6 Å². The number of hydrogen-bond donors (Lipinski definition) is 1. The minimum Gasteiger partial charge on any atom is -0.370 e. The highest BCUT2D eigenvalue weighted by Crippen LogP contribution is 2.26. The highest BCUT2D eigenvalue weighted by atomic mass is 35.5. The first-order chi connectivity index (χ1) is 9.90. The zero-order valence-corrected chi connectivity index (χ0v) is 12.9. The first kappa shape index (κ1) is 16.2. The van der Waals surface area contributed by atoms with Crippen molar-refractivity contribution in [1.82, 2.24) is 4.90 Å². The average Bonchev–Trinajstić information content (AvgIpc) is 2.48. The van der Waals surface area contributed by atoms with Crippen molar-refractivity contribution in [3.8, 4) is 0 Å². The monoisotopic (exact) mass is 314 g/mol. The third-order valence-corrected chi connectivity index (χ3v) is 3.99. The third-order valence-electron chi connectivity index (χ3n) is 3.70. The number of amides is 1. The van der Waals surface area contributed by atoms with Gasteiger partial charge in [-0.2, -0.15) is 0 Å². The molecule has 0 aliphatic carbocycles. The topological polar surface area (TPSA) is 55.6 Å². The molecule has 1 aromatic rings. The Morgan fingerprint density at radius 2 is 2.24 bits per heavy atom. The molecule has 1 saturated heterocycles. The minimum absolute atomic E-state index is 0.0541. The van der Waals surface area contributed by atoms with E-state index >= 15 is 0 Å². The molecule has 0 aromatic heterocycles. The van der Waals surface area contributed by atoms with Crippen molar-refractivity contribution in [1.29, 1.82) is 0 Å². The van der Waals surface area contributed by atoms with Gasteiger partial charge in [0.05, 0.1) is 24.2 Å². The largest absolute Gasteiger partial charge is 0.370 e.